The van der Waals surface area contributed by atoms with Gasteiger partial charge in [0.25, 0.3) is 0 Å². The Hall–Kier alpha value is -2.09. The summed E-state index contributed by atoms with van der Waals surface area (Å²) in [5, 5.41) is 0. The minimum atomic E-state index is -0.277. The molecule has 0 fully saturated rings. The van der Waals surface area contributed by atoms with Gasteiger partial charge in [-0.25, -0.2) is 0 Å². The van der Waals surface area contributed by atoms with E-state index in [9.17, 15) is 4.79 Å². The molecule has 0 radical (unpaired) electrons. The highest BCUT2D eigenvalue weighted by atomic mass is 16.5. The smallest absolute Gasteiger partial charge is 0.323 e. The third-order valence-electron chi connectivity index (χ3n) is 3.49. The molecule has 2 aromatic rings. The summed E-state index contributed by atoms with van der Waals surface area (Å²) < 4.78 is 5.42. The first-order chi connectivity index (χ1) is 8.68. The van der Waals surface area contributed by atoms with Crippen LogP contribution in [0.25, 0.3) is 0 Å². The molecule has 2 aromatic carbocycles. The van der Waals surface area contributed by atoms with Gasteiger partial charge in [0.1, 0.15) is 11.7 Å². The number of aryl methyl sites for hydroxylation is 2. The summed E-state index contributed by atoms with van der Waals surface area (Å²) in [5.41, 5.74) is 4.15. The predicted octanol–water partition coefficient (Wildman–Crippen LogP) is 3.35. The number of hydrogen-bond acceptors (Lipinski definition) is 2. The summed E-state index contributed by atoms with van der Waals surface area (Å²) >= 11 is 0. The number of fused-ring (bicyclic) bond motifs is 1. The predicted molar refractivity (Wildman–Crippen MR) is 69.8 cm³/mol. The van der Waals surface area contributed by atoms with Crippen LogP contribution in [0.3, 0.4) is 0 Å². The van der Waals surface area contributed by atoms with Crippen LogP contribution in [0.5, 0.6) is 5.75 Å². The summed E-state index contributed by atoms with van der Waals surface area (Å²) in [6, 6.07) is 13.9. The highest BCUT2D eigenvalue weighted by Gasteiger charge is 2.35. The van der Waals surface area contributed by atoms with Crippen molar-refractivity contribution in [1.29, 1.82) is 0 Å². The van der Waals surface area contributed by atoms with Crippen molar-refractivity contribution in [3.63, 3.8) is 0 Å². The highest BCUT2D eigenvalue weighted by Crippen LogP contribution is 2.41. The molecule has 1 heterocycles. The molecule has 1 atom stereocenters. The number of esters is 1. The fourth-order valence-corrected chi connectivity index (χ4v) is 2.53. The lowest BCUT2D eigenvalue weighted by Crippen LogP contribution is -2.12. The van der Waals surface area contributed by atoms with Gasteiger partial charge in [0, 0.05) is 5.56 Å². The maximum absolute atomic E-state index is 12.1. The number of carbonyl (C=O) groups excluding carboxylic acids is 1. The molecule has 2 heteroatoms. The Bertz CT molecular complexity index is 629. The molecule has 90 valence electrons. The topological polar surface area (TPSA) is 26.3 Å². The van der Waals surface area contributed by atoms with Gasteiger partial charge in [-0.1, -0.05) is 42.5 Å². The first kappa shape index (κ1) is 11.0. The number of benzene rings is 2. The van der Waals surface area contributed by atoms with Crippen molar-refractivity contribution in [3.8, 4) is 5.75 Å². The van der Waals surface area contributed by atoms with E-state index >= 15 is 0 Å². The summed E-state index contributed by atoms with van der Waals surface area (Å²) in [4.78, 5) is 12.1. The number of rotatable bonds is 1. The monoisotopic (exact) mass is 238 g/mol. The quantitative estimate of drug-likeness (QED) is 0.562. The average Bonchev–Trinajstić information content (AvgIpc) is 2.68. The van der Waals surface area contributed by atoms with Gasteiger partial charge < -0.3 is 4.74 Å². The Labute approximate surface area is 106 Å². The maximum Gasteiger partial charge on any atom is 0.323 e. The van der Waals surface area contributed by atoms with E-state index in [4.69, 9.17) is 4.74 Å². The summed E-state index contributed by atoms with van der Waals surface area (Å²) in [6.07, 6.45) is 0. The van der Waals surface area contributed by atoms with Crippen LogP contribution in [0.2, 0.25) is 0 Å². The summed E-state index contributed by atoms with van der Waals surface area (Å²) in [7, 11) is 0. The van der Waals surface area contributed by atoms with Crippen LogP contribution in [-0.2, 0) is 4.79 Å². The Morgan fingerprint density at radius 2 is 1.56 bits per heavy atom. The van der Waals surface area contributed by atoms with Gasteiger partial charge in [-0.2, -0.15) is 0 Å². The number of ether oxygens (including phenoxy) is 1. The van der Waals surface area contributed by atoms with Crippen LogP contribution in [0, 0.1) is 13.8 Å². The van der Waals surface area contributed by atoms with Gasteiger partial charge in [0.15, 0.2) is 0 Å². The maximum atomic E-state index is 12.1. The van der Waals surface area contributed by atoms with E-state index in [1.807, 2.05) is 56.3 Å². The zero-order valence-electron chi connectivity index (χ0n) is 10.4. The average molecular weight is 238 g/mol. The van der Waals surface area contributed by atoms with Crippen LogP contribution in [-0.4, -0.2) is 5.97 Å². The van der Waals surface area contributed by atoms with E-state index in [0.717, 1.165) is 28.0 Å². The second-order valence-corrected chi connectivity index (χ2v) is 4.70. The molecule has 0 spiro atoms. The molecule has 0 saturated heterocycles. The molecule has 1 aliphatic heterocycles. The Balaban J connectivity index is 2.19. The molecule has 2 nitrogen and oxygen atoms in total. The van der Waals surface area contributed by atoms with Gasteiger partial charge in [-0.3, -0.25) is 4.79 Å². The number of carbonyl (C=O) groups is 1. The zero-order valence-corrected chi connectivity index (χ0v) is 10.4. The molecule has 1 aliphatic rings. The molecule has 0 amide bonds. The zero-order chi connectivity index (χ0) is 12.7. The van der Waals surface area contributed by atoms with E-state index in [-0.39, 0.29) is 11.9 Å². The van der Waals surface area contributed by atoms with Crippen molar-refractivity contribution >= 4 is 5.97 Å². The van der Waals surface area contributed by atoms with Crippen LogP contribution >= 0.6 is 0 Å². The lowest BCUT2D eigenvalue weighted by molar-refractivity contribution is -0.133. The molecule has 3 rings (SSSR count). The molecule has 0 saturated carbocycles. The Kier molecular flexibility index (Phi) is 2.44. The van der Waals surface area contributed by atoms with Gasteiger partial charge in [0.05, 0.1) is 0 Å². The first-order valence-corrected chi connectivity index (χ1v) is 6.05. The molecule has 0 bridgehead atoms. The summed E-state index contributed by atoms with van der Waals surface area (Å²) in [5.74, 6) is 0.283. The minimum Gasteiger partial charge on any atom is -0.425 e. The van der Waals surface area contributed by atoms with Crippen molar-refractivity contribution in [2.45, 2.75) is 19.8 Å². The van der Waals surface area contributed by atoms with E-state index < -0.39 is 0 Å². The largest absolute Gasteiger partial charge is 0.425 e. The molecule has 18 heavy (non-hydrogen) atoms. The fraction of sp³-hybridized carbons (Fsp3) is 0.188. The third kappa shape index (κ3) is 1.53. The van der Waals surface area contributed by atoms with E-state index in [1.165, 1.54) is 0 Å². The Morgan fingerprint density at radius 1 is 0.889 bits per heavy atom. The van der Waals surface area contributed by atoms with Gasteiger partial charge >= 0.3 is 5.97 Å². The molecular weight excluding hydrogens is 224 g/mol. The Morgan fingerprint density at radius 3 is 2.33 bits per heavy atom. The molecule has 0 N–H and O–H groups in total. The molecule has 0 aromatic heterocycles. The third-order valence-corrected chi connectivity index (χ3v) is 3.49. The number of para-hydroxylation sites is 1. The van der Waals surface area contributed by atoms with Gasteiger partial charge in [-0.15, -0.1) is 0 Å². The van der Waals surface area contributed by atoms with Gasteiger partial charge in [0.2, 0.25) is 0 Å². The van der Waals surface area contributed by atoms with Crippen molar-refractivity contribution in [2.24, 2.45) is 0 Å². The molecule has 0 aliphatic carbocycles. The number of hydrogen-bond donors (Lipinski definition) is 0. The van der Waals surface area contributed by atoms with Crippen LogP contribution < -0.4 is 4.74 Å². The van der Waals surface area contributed by atoms with Crippen molar-refractivity contribution in [2.75, 3.05) is 0 Å². The van der Waals surface area contributed by atoms with Crippen molar-refractivity contribution in [3.05, 3.63) is 64.7 Å². The highest BCUT2D eigenvalue weighted by molar-refractivity contribution is 5.90. The van der Waals surface area contributed by atoms with E-state index in [2.05, 4.69) is 0 Å². The van der Waals surface area contributed by atoms with Crippen molar-refractivity contribution in [1.82, 2.24) is 0 Å². The van der Waals surface area contributed by atoms with E-state index in [0.29, 0.717) is 0 Å². The minimum absolute atomic E-state index is 0.173. The standard InChI is InChI=1S/C16H14O2/c1-10-6-3-4-8-12(10)14-13-9-5-7-11(2)15(13)18-16(14)17/h3-9,14H,1-2H3. The second kappa shape index (κ2) is 3.98. The lowest BCUT2D eigenvalue weighted by atomic mass is 9.89. The normalized spacial score (nSPS) is 17.4. The second-order valence-electron chi connectivity index (χ2n) is 4.70. The summed E-state index contributed by atoms with van der Waals surface area (Å²) in [6.45, 7) is 3.99. The fourth-order valence-electron chi connectivity index (χ4n) is 2.53. The lowest BCUT2D eigenvalue weighted by Gasteiger charge is -2.10. The van der Waals surface area contributed by atoms with E-state index in [1.54, 1.807) is 0 Å². The van der Waals surface area contributed by atoms with Crippen molar-refractivity contribution < 1.29 is 9.53 Å². The van der Waals surface area contributed by atoms with Crippen LogP contribution in [0.1, 0.15) is 28.2 Å². The van der Waals surface area contributed by atoms with Crippen LogP contribution in [0.4, 0.5) is 0 Å². The first-order valence-electron chi connectivity index (χ1n) is 6.05. The molecular formula is C16H14O2. The SMILES string of the molecule is Cc1ccccc1C1C(=O)Oc2c(C)cccc21. The van der Waals surface area contributed by atoms with Gasteiger partial charge in [-0.05, 0) is 30.5 Å². The van der Waals surface area contributed by atoms with Crippen LogP contribution in [0.15, 0.2) is 42.5 Å². The molecule has 1 unspecified atom stereocenters.